The Bertz CT molecular complexity index is 658. The summed E-state index contributed by atoms with van der Waals surface area (Å²) in [5.41, 5.74) is 1.38. The maximum Gasteiger partial charge on any atom is 0.243 e. The molecule has 29 heavy (non-hydrogen) atoms. The standard InChI is InChI=1S/C22H35N5O2/c1-25(2)21(28)17-24-22(23-10-6-11-26-13-15-29-16-14-26)27-12-9-20(18-27)19-7-4-3-5-8-19/h3-5,7-8,20H,6,9-18H2,1-2H3,(H,23,24). The molecule has 2 heterocycles. The van der Waals surface area contributed by atoms with Crippen LogP contribution < -0.4 is 5.32 Å². The highest BCUT2D eigenvalue weighted by atomic mass is 16.5. The summed E-state index contributed by atoms with van der Waals surface area (Å²) in [5.74, 6) is 1.40. The molecule has 160 valence electrons. The second-order valence-electron chi connectivity index (χ2n) is 8.00. The van der Waals surface area contributed by atoms with Crippen molar-refractivity contribution < 1.29 is 9.53 Å². The highest BCUT2D eigenvalue weighted by molar-refractivity contribution is 5.85. The van der Waals surface area contributed by atoms with Crippen LogP contribution in [0.1, 0.15) is 24.3 Å². The van der Waals surface area contributed by atoms with E-state index in [4.69, 9.17) is 4.74 Å². The Hall–Kier alpha value is -2.12. The molecule has 2 saturated heterocycles. The molecule has 2 aliphatic rings. The molecule has 0 aliphatic carbocycles. The van der Waals surface area contributed by atoms with Crippen molar-refractivity contribution in [1.29, 1.82) is 0 Å². The molecular formula is C22H35N5O2. The topological polar surface area (TPSA) is 60.4 Å². The summed E-state index contributed by atoms with van der Waals surface area (Å²) in [6.07, 6.45) is 2.16. The lowest BCUT2D eigenvalue weighted by Gasteiger charge is -2.27. The third kappa shape index (κ3) is 6.72. The molecule has 1 atom stereocenters. The SMILES string of the molecule is CN(C)C(=O)CN=C(NCCCN1CCOCC1)N1CCC(c2ccccc2)C1. The summed E-state index contributed by atoms with van der Waals surface area (Å²) in [4.78, 5) is 23.0. The molecule has 0 radical (unpaired) electrons. The number of amides is 1. The second-order valence-corrected chi connectivity index (χ2v) is 8.00. The van der Waals surface area contributed by atoms with Gasteiger partial charge in [-0.05, 0) is 24.9 Å². The number of carbonyl (C=O) groups is 1. The summed E-state index contributed by atoms with van der Waals surface area (Å²) >= 11 is 0. The van der Waals surface area contributed by atoms with Crippen LogP contribution in [-0.4, -0.2) is 99.7 Å². The number of nitrogens with one attached hydrogen (secondary N) is 1. The van der Waals surface area contributed by atoms with Crippen LogP contribution in [0.5, 0.6) is 0 Å². The summed E-state index contributed by atoms with van der Waals surface area (Å²) in [6, 6.07) is 10.7. The molecule has 0 saturated carbocycles. The highest BCUT2D eigenvalue weighted by Crippen LogP contribution is 2.26. The first-order chi connectivity index (χ1) is 14.1. The molecule has 2 fully saturated rings. The third-order valence-electron chi connectivity index (χ3n) is 5.66. The largest absolute Gasteiger partial charge is 0.379 e. The van der Waals surface area contributed by atoms with E-state index >= 15 is 0 Å². The Morgan fingerprint density at radius 2 is 1.97 bits per heavy atom. The highest BCUT2D eigenvalue weighted by Gasteiger charge is 2.26. The zero-order valence-electron chi connectivity index (χ0n) is 17.8. The van der Waals surface area contributed by atoms with Gasteiger partial charge in [0, 0.05) is 52.7 Å². The van der Waals surface area contributed by atoms with Crippen LogP contribution >= 0.6 is 0 Å². The molecule has 0 spiro atoms. The Kier molecular flexibility index (Phi) is 8.31. The molecule has 0 aromatic heterocycles. The number of carbonyl (C=O) groups excluding carboxylic acids is 1. The van der Waals surface area contributed by atoms with Crippen LogP contribution in [0.3, 0.4) is 0 Å². The van der Waals surface area contributed by atoms with Gasteiger partial charge in [-0.15, -0.1) is 0 Å². The maximum atomic E-state index is 12.0. The Labute approximate surface area is 174 Å². The van der Waals surface area contributed by atoms with Gasteiger partial charge in [0.1, 0.15) is 6.54 Å². The van der Waals surface area contributed by atoms with Crippen molar-refractivity contribution in [3.8, 4) is 0 Å². The van der Waals surface area contributed by atoms with E-state index in [2.05, 4.69) is 50.4 Å². The van der Waals surface area contributed by atoms with Crippen LogP contribution in [-0.2, 0) is 9.53 Å². The minimum absolute atomic E-state index is 0.0245. The first-order valence-corrected chi connectivity index (χ1v) is 10.7. The van der Waals surface area contributed by atoms with Gasteiger partial charge in [-0.3, -0.25) is 9.69 Å². The molecule has 1 aromatic carbocycles. The Morgan fingerprint density at radius 3 is 2.69 bits per heavy atom. The number of hydrogen-bond donors (Lipinski definition) is 1. The zero-order chi connectivity index (χ0) is 20.5. The number of likely N-dealkylation sites (N-methyl/N-ethyl adjacent to an activating group) is 1. The number of benzene rings is 1. The van der Waals surface area contributed by atoms with Gasteiger partial charge >= 0.3 is 0 Å². The van der Waals surface area contributed by atoms with Crippen molar-refractivity contribution in [1.82, 2.24) is 20.0 Å². The first kappa shape index (κ1) is 21.6. The van der Waals surface area contributed by atoms with E-state index in [9.17, 15) is 4.79 Å². The van der Waals surface area contributed by atoms with E-state index in [1.165, 1.54) is 5.56 Å². The number of aliphatic imine (C=N–C) groups is 1. The van der Waals surface area contributed by atoms with Crippen LogP contribution in [0, 0.1) is 0 Å². The Balaban J connectivity index is 1.54. The molecule has 2 aliphatic heterocycles. The van der Waals surface area contributed by atoms with Crippen molar-refractivity contribution in [2.75, 3.05) is 73.1 Å². The minimum atomic E-state index is 0.0245. The average Bonchev–Trinajstić information content (AvgIpc) is 3.24. The summed E-state index contributed by atoms with van der Waals surface area (Å²) < 4.78 is 5.41. The summed E-state index contributed by atoms with van der Waals surface area (Å²) in [6.45, 7) is 7.72. The van der Waals surface area contributed by atoms with E-state index in [0.29, 0.717) is 5.92 Å². The van der Waals surface area contributed by atoms with E-state index in [0.717, 1.165) is 71.3 Å². The number of ether oxygens (including phenoxy) is 1. The van der Waals surface area contributed by atoms with Gasteiger partial charge in [0.15, 0.2) is 5.96 Å². The van der Waals surface area contributed by atoms with Crippen molar-refractivity contribution >= 4 is 11.9 Å². The number of hydrogen-bond acceptors (Lipinski definition) is 4. The molecule has 1 unspecified atom stereocenters. The van der Waals surface area contributed by atoms with Gasteiger partial charge in [-0.25, -0.2) is 4.99 Å². The minimum Gasteiger partial charge on any atom is -0.379 e. The summed E-state index contributed by atoms with van der Waals surface area (Å²) in [7, 11) is 3.54. The third-order valence-corrected chi connectivity index (χ3v) is 5.66. The first-order valence-electron chi connectivity index (χ1n) is 10.7. The average molecular weight is 402 g/mol. The van der Waals surface area contributed by atoms with Gasteiger partial charge in [0.2, 0.25) is 5.91 Å². The van der Waals surface area contributed by atoms with Gasteiger partial charge < -0.3 is 19.9 Å². The van der Waals surface area contributed by atoms with Crippen LogP contribution in [0.25, 0.3) is 0 Å². The molecule has 0 bridgehead atoms. The Morgan fingerprint density at radius 1 is 1.21 bits per heavy atom. The molecule has 7 nitrogen and oxygen atoms in total. The van der Waals surface area contributed by atoms with Gasteiger partial charge in [0.25, 0.3) is 0 Å². The lowest BCUT2D eigenvalue weighted by Crippen LogP contribution is -2.42. The van der Waals surface area contributed by atoms with Crippen molar-refractivity contribution in [3.63, 3.8) is 0 Å². The fraction of sp³-hybridized carbons (Fsp3) is 0.636. The molecule has 7 heteroatoms. The van der Waals surface area contributed by atoms with Crippen LogP contribution in [0.4, 0.5) is 0 Å². The molecule has 1 aromatic rings. The number of likely N-dealkylation sites (tertiary alicyclic amines) is 1. The zero-order valence-corrected chi connectivity index (χ0v) is 17.8. The van der Waals surface area contributed by atoms with Gasteiger partial charge in [0.05, 0.1) is 13.2 Å². The normalized spacial score (nSPS) is 20.7. The molecule has 1 N–H and O–H groups in total. The van der Waals surface area contributed by atoms with Gasteiger partial charge in [-0.1, -0.05) is 30.3 Å². The maximum absolute atomic E-state index is 12.0. The van der Waals surface area contributed by atoms with Crippen LogP contribution in [0.2, 0.25) is 0 Å². The second kappa shape index (κ2) is 11.2. The predicted octanol–water partition coefficient (Wildman–Crippen LogP) is 1.23. The van der Waals surface area contributed by atoms with Crippen molar-refractivity contribution in [2.45, 2.75) is 18.8 Å². The van der Waals surface area contributed by atoms with Gasteiger partial charge in [-0.2, -0.15) is 0 Å². The predicted molar refractivity (Wildman–Crippen MR) is 116 cm³/mol. The lowest BCUT2D eigenvalue weighted by atomic mass is 9.99. The van der Waals surface area contributed by atoms with Crippen molar-refractivity contribution in [3.05, 3.63) is 35.9 Å². The van der Waals surface area contributed by atoms with Crippen LogP contribution in [0.15, 0.2) is 35.3 Å². The molecule has 1 amide bonds. The molecular weight excluding hydrogens is 366 g/mol. The fourth-order valence-corrected chi connectivity index (χ4v) is 3.83. The quantitative estimate of drug-likeness (QED) is 0.423. The fourth-order valence-electron chi connectivity index (χ4n) is 3.83. The number of morpholine rings is 1. The number of nitrogens with zero attached hydrogens (tertiary/aromatic N) is 4. The number of guanidine groups is 1. The van der Waals surface area contributed by atoms with E-state index in [-0.39, 0.29) is 12.5 Å². The smallest absolute Gasteiger partial charge is 0.243 e. The molecule has 3 rings (SSSR count). The summed E-state index contributed by atoms with van der Waals surface area (Å²) in [5, 5.41) is 3.51. The monoisotopic (exact) mass is 401 g/mol. The van der Waals surface area contributed by atoms with E-state index in [1.807, 2.05) is 0 Å². The number of rotatable bonds is 7. The lowest BCUT2D eigenvalue weighted by molar-refractivity contribution is -0.127. The van der Waals surface area contributed by atoms with Crippen molar-refractivity contribution in [2.24, 2.45) is 4.99 Å². The van der Waals surface area contributed by atoms with E-state index < -0.39 is 0 Å². The van der Waals surface area contributed by atoms with E-state index in [1.54, 1.807) is 19.0 Å².